The lowest BCUT2D eigenvalue weighted by molar-refractivity contribution is -0.138. The third-order valence-corrected chi connectivity index (χ3v) is 5.88. The van der Waals surface area contributed by atoms with Gasteiger partial charge >= 0.3 is 5.97 Å². The van der Waals surface area contributed by atoms with E-state index in [-0.39, 0.29) is 41.7 Å². The zero-order valence-electron chi connectivity index (χ0n) is 20.0. The summed E-state index contributed by atoms with van der Waals surface area (Å²) in [5, 5.41) is 2.82. The number of rotatable bonds is 11. The fourth-order valence-electron chi connectivity index (χ4n) is 3.79. The van der Waals surface area contributed by atoms with Crippen LogP contribution in [0.1, 0.15) is 59.9 Å². The Morgan fingerprint density at radius 1 is 1.10 bits per heavy atom. The minimum Gasteiger partial charge on any atom is -0.463 e. The molecule has 0 radical (unpaired) electrons. The quantitative estimate of drug-likeness (QED) is 0.427. The summed E-state index contributed by atoms with van der Waals surface area (Å²) in [5.74, 6) is -0.991. The Labute approximate surface area is 187 Å². The molecule has 0 aromatic heterocycles. The van der Waals surface area contributed by atoms with E-state index in [9.17, 15) is 14.4 Å². The minimum absolute atomic E-state index is 0.0838. The number of likely N-dealkylation sites (N-methyl/N-ethyl adjacent to an activating group) is 1. The summed E-state index contributed by atoms with van der Waals surface area (Å²) in [7, 11) is 1.68. The molecule has 1 N–H and O–H groups in total. The first-order chi connectivity index (χ1) is 14.6. The average molecular weight is 431 g/mol. The van der Waals surface area contributed by atoms with Crippen LogP contribution >= 0.6 is 0 Å². The van der Waals surface area contributed by atoms with Gasteiger partial charge in [-0.3, -0.25) is 9.59 Å². The van der Waals surface area contributed by atoms with E-state index in [0.29, 0.717) is 25.0 Å². The van der Waals surface area contributed by atoms with Crippen LogP contribution in [-0.2, 0) is 24.5 Å². The van der Waals surface area contributed by atoms with Gasteiger partial charge in [0.2, 0.25) is 11.8 Å². The monoisotopic (exact) mass is 430 g/mol. The van der Waals surface area contributed by atoms with Gasteiger partial charge in [0.15, 0.2) is 0 Å². The zero-order chi connectivity index (χ0) is 23.6. The summed E-state index contributed by atoms with van der Waals surface area (Å²) < 4.78 is 5.01. The van der Waals surface area contributed by atoms with Crippen molar-refractivity contribution in [1.82, 2.24) is 10.2 Å². The van der Waals surface area contributed by atoms with Crippen LogP contribution < -0.4 is 5.32 Å². The number of carbonyl (C=O) groups excluding carboxylic acids is 3. The van der Waals surface area contributed by atoms with Crippen molar-refractivity contribution in [2.75, 3.05) is 20.2 Å². The molecule has 1 rings (SSSR count). The minimum atomic E-state index is -0.385. The fourth-order valence-corrected chi connectivity index (χ4v) is 3.79. The lowest BCUT2D eigenvalue weighted by atomic mass is 9.71. The van der Waals surface area contributed by atoms with Crippen molar-refractivity contribution in [2.45, 2.75) is 65.8 Å². The topological polar surface area (TPSA) is 75.7 Å². The molecule has 6 heteroatoms. The van der Waals surface area contributed by atoms with Gasteiger partial charge in [-0.1, -0.05) is 64.1 Å². The molecule has 1 aromatic rings. The van der Waals surface area contributed by atoms with E-state index in [2.05, 4.69) is 19.2 Å². The number of benzene rings is 1. The first-order valence-corrected chi connectivity index (χ1v) is 11.0. The third kappa shape index (κ3) is 7.23. The Hall–Kier alpha value is -2.63. The molecule has 0 spiro atoms. The van der Waals surface area contributed by atoms with Gasteiger partial charge in [0.25, 0.3) is 0 Å². The summed E-state index contributed by atoms with van der Waals surface area (Å²) in [6.07, 6.45) is 3.05. The van der Waals surface area contributed by atoms with Crippen molar-refractivity contribution in [3.8, 4) is 0 Å². The van der Waals surface area contributed by atoms with Crippen molar-refractivity contribution < 1.29 is 19.1 Å². The summed E-state index contributed by atoms with van der Waals surface area (Å²) in [6, 6.07) is 9.69. The highest BCUT2D eigenvalue weighted by atomic mass is 16.5. The lowest BCUT2D eigenvalue weighted by Gasteiger charge is -2.33. The smallest absolute Gasteiger partial charge is 0.333 e. The van der Waals surface area contributed by atoms with Gasteiger partial charge < -0.3 is 15.0 Å². The number of nitrogens with one attached hydrogen (secondary N) is 1. The molecule has 0 aliphatic heterocycles. The van der Waals surface area contributed by atoms with Gasteiger partial charge in [0.1, 0.15) is 0 Å². The van der Waals surface area contributed by atoms with Crippen LogP contribution in [-0.4, -0.2) is 48.9 Å². The molecule has 0 heterocycles. The summed E-state index contributed by atoms with van der Waals surface area (Å²) in [5.41, 5.74) is 1.19. The van der Waals surface area contributed by atoms with E-state index in [4.69, 9.17) is 4.74 Å². The van der Waals surface area contributed by atoms with E-state index < -0.39 is 0 Å². The average Bonchev–Trinajstić information content (AvgIpc) is 2.76. The SMILES string of the molecule is CCOC(=O)/C(C)=C/[C@H](CC)N(C)C(=O)CNC(=O)[C@@H](CC)C(C)(C)c1ccccc1. The molecule has 2 amide bonds. The zero-order valence-corrected chi connectivity index (χ0v) is 20.0. The maximum atomic E-state index is 12.9. The number of ether oxygens (including phenoxy) is 1. The van der Waals surface area contributed by atoms with Crippen molar-refractivity contribution in [3.63, 3.8) is 0 Å². The molecule has 31 heavy (non-hydrogen) atoms. The number of carbonyl (C=O) groups is 3. The van der Waals surface area contributed by atoms with Gasteiger partial charge in [-0.25, -0.2) is 4.79 Å². The highest BCUT2D eigenvalue weighted by Gasteiger charge is 2.35. The van der Waals surface area contributed by atoms with Crippen LogP contribution in [0, 0.1) is 5.92 Å². The number of hydrogen-bond acceptors (Lipinski definition) is 4. The largest absolute Gasteiger partial charge is 0.463 e. The summed E-state index contributed by atoms with van der Waals surface area (Å²) in [6.45, 7) is 11.7. The van der Waals surface area contributed by atoms with Gasteiger partial charge in [-0.15, -0.1) is 0 Å². The van der Waals surface area contributed by atoms with E-state index in [1.165, 1.54) is 0 Å². The highest BCUT2D eigenvalue weighted by molar-refractivity contribution is 5.89. The Kier molecular flexibility index (Phi) is 10.5. The summed E-state index contributed by atoms with van der Waals surface area (Å²) in [4.78, 5) is 39.1. The number of hydrogen-bond donors (Lipinski definition) is 1. The molecule has 0 fully saturated rings. The Balaban J connectivity index is 2.81. The normalized spacial score (nSPS) is 13.8. The third-order valence-electron chi connectivity index (χ3n) is 5.88. The fraction of sp³-hybridized carbons (Fsp3) is 0.560. The van der Waals surface area contributed by atoms with Crippen LogP contribution in [0.3, 0.4) is 0 Å². The lowest BCUT2D eigenvalue weighted by Crippen LogP contribution is -2.46. The predicted molar refractivity (Wildman–Crippen MR) is 123 cm³/mol. The van der Waals surface area contributed by atoms with Crippen molar-refractivity contribution in [3.05, 3.63) is 47.5 Å². The van der Waals surface area contributed by atoms with Crippen LogP contribution in [0.2, 0.25) is 0 Å². The molecule has 0 unspecified atom stereocenters. The van der Waals surface area contributed by atoms with Gasteiger partial charge in [0.05, 0.1) is 19.2 Å². The molecule has 1 aromatic carbocycles. The van der Waals surface area contributed by atoms with Crippen molar-refractivity contribution in [1.29, 1.82) is 0 Å². The Morgan fingerprint density at radius 3 is 2.23 bits per heavy atom. The van der Waals surface area contributed by atoms with E-state index in [0.717, 1.165) is 5.56 Å². The Morgan fingerprint density at radius 2 is 1.71 bits per heavy atom. The van der Waals surface area contributed by atoms with Crippen molar-refractivity contribution >= 4 is 17.8 Å². The maximum Gasteiger partial charge on any atom is 0.333 e. The number of nitrogens with zero attached hydrogens (tertiary/aromatic N) is 1. The molecule has 6 nitrogen and oxygen atoms in total. The molecular weight excluding hydrogens is 392 g/mol. The standard InChI is InChI=1S/C25H38N2O4/c1-8-20(16-18(4)24(30)31-10-3)27(7)22(28)17-26-23(29)21(9-2)25(5,6)19-14-12-11-13-15-19/h11-16,20-21H,8-10,17H2,1-7H3,(H,26,29)/b18-16+/t20-,21+/m0/s1. The molecule has 0 saturated heterocycles. The molecule has 0 aliphatic rings. The van der Waals surface area contributed by atoms with E-state index in [1.54, 1.807) is 31.9 Å². The predicted octanol–water partition coefficient (Wildman–Crippen LogP) is 3.85. The molecule has 2 atom stereocenters. The second-order valence-electron chi connectivity index (χ2n) is 8.32. The van der Waals surface area contributed by atoms with Crippen molar-refractivity contribution in [2.24, 2.45) is 5.92 Å². The molecular formula is C25H38N2O4. The van der Waals surface area contributed by atoms with Crippen LogP contribution in [0.5, 0.6) is 0 Å². The van der Waals surface area contributed by atoms with E-state index >= 15 is 0 Å². The van der Waals surface area contributed by atoms with Crippen LogP contribution in [0.25, 0.3) is 0 Å². The molecule has 172 valence electrons. The number of esters is 1. The molecule has 0 aliphatic carbocycles. The van der Waals surface area contributed by atoms with Gasteiger partial charge in [-0.2, -0.15) is 0 Å². The molecule has 0 saturated carbocycles. The van der Waals surface area contributed by atoms with Crippen LogP contribution in [0.15, 0.2) is 42.0 Å². The second kappa shape index (κ2) is 12.3. The second-order valence-corrected chi connectivity index (χ2v) is 8.32. The number of amides is 2. The summed E-state index contributed by atoms with van der Waals surface area (Å²) >= 11 is 0. The first-order valence-electron chi connectivity index (χ1n) is 11.0. The van der Waals surface area contributed by atoms with Gasteiger partial charge in [0, 0.05) is 24.0 Å². The first kappa shape index (κ1) is 26.4. The van der Waals surface area contributed by atoms with E-state index in [1.807, 2.05) is 44.2 Å². The maximum absolute atomic E-state index is 12.9. The highest BCUT2D eigenvalue weighted by Crippen LogP contribution is 2.33. The molecule has 0 bridgehead atoms. The van der Waals surface area contributed by atoms with Gasteiger partial charge in [-0.05, 0) is 32.3 Å². The van der Waals surface area contributed by atoms with Crippen LogP contribution in [0.4, 0.5) is 0 Å². The Bertz CT molecular complexity index is 771.